The molecule has 2 aliphatic heterocycles. The molecule has 3 fully saturated rings. The second-order valence-electron chi connectivity index (χ2n) is 4.48. The Labute approximate surface area is 82.3 Å². The number of hydrogen-bond donors (Lipinski definition) is 0. The van der Waals surface area contributed by atoms with Gasteiger partial charge in [-0.1, -0.05) is 11.6 Å². The standard InChI is InChI=1S/C9H13ClO3/c1-8(2)11-5-3-4-6-9(10,12-6)7(5)13-8/h5-7H,3-4H2,1-2H3/t5-,6-,7-,9-/m0/s1. The average Bonchev–Trinajstić information content (AvgIpc) is 2.57. The molecular formula is C9H13ClO3. The van der Waals surface area contributed by atoms with Gasteiger partial charge in [0.15, 0.2) is 10.8 Å². The fraction of sp³-hybridized carbons (Fsp3) is 1.00. The van der Waals surface area contributed by atoms with Gasteiger partial charge in [-0.05, 0) is 26.7 Å². The van der Waals surface area contributed by atoms with Crippen molar-refractivity contribution in [3.05, 3.63) is 0 Å². The van der Waals surface area contributed by atoms with Crippen molar-refractivity contribution in [1.82, 2.24) is 0 Å². The molecule has 2 saturated heterocycles. The Kier molecular flexibility index (Phi) is 1.45. The molecule has 0 bridgehead atoms. The van der Waals surface area contributed by atoms with E-state index >= 15 is 0 Å². The van der Waals surface area contributed by atoms with E-state index in [1.807, 2.05) is 13.8 Å². The summed E-state index contributed by atoms with van der Waals surface area (Å²) >= 11 is 6.25. The van der Waals surface area contributed by atoms with Crippen molar-refractivity contribution in [2.45, 2.75) is 55.8 Å². The molecule has 0 amide bonds. The van der Waals surface area contributed by atoms with Crippen LogP contribution in [0.25, 0.3) is 0 Å². The molecule has 3 rings (SSSR count). The Morgan fingerprint density at radius 2 is 1.92 bits per heavy atom. The van der Waals surface area contributed by atoms with E-state index in [0.29, 0.717) is 0 Å². The molecule has 4 atom stereocenters. The Morgan fingerprint density at radius 1 is 1.15 bits per heavy atom. The Bertz CT molecular complexity index is 253. The molecule has 4 heteroatoms. The van der Waals surface area contributed by atoms with Gasteiger partial charge in [0.1, 0.15) is 12.2 Å². The molecule has 0 radical (unpaired) electrons. The first-order valence-electron chi connectivity index (χ1n) is 4.74. The summed E-state index contributed by atoms with van der Waals surface area (Å²) in [6.07, 6.45) is 2.21. The predicted octanol–water partition coefficient (Wildman–Crippen LogP) is 1.63. The molecule has 13 heavy (non-hydrogen) atoms. The van der Waals surface area contributed by atoms with Gasteiger partial charge in [-0.25, -0.2) is 0 Å². The van der Waals surface area contributed by atoms with Crippen molar-refractivity contribution in [2.24, 2.45) is 0 Å². The molecule has 0 unspecified atom stereocenters. The van der Waals surface area contributed by atoms with E-state index in [9.17, 15) is 0 Å². The molecule has 3 aliphatic rings. The van der Waals surface area contributed by atoms with E-state index in [4.69, 9.17) is 25.8 Å². The highest BCUT2D eigenvalue weighted by atomic mass is 35.5. The molecule has 1 aliphatic carbocycles. The molecule has 0 spiro atoms. The molecule has 1 saturated carbocycles. The summed E-state index contributed by atoms with van der Waals surface area (Å²) in [6, 6.07) is 0. The summed E-state index contributed by atoms with van der Waals surface area (Å²) in [4.78, 5) is 0. The third-order valence-electron chi connectivity index (χ3n) is 2.99. The second-order valence-corrected chi connectivity index (χ2v) is 5.07. The van der Waals surface area contributed by atoms with Gasteiger partial charge in [-0.2, -0.15) is 0 Å². The van der Waals surface area contributed by atoms with Crippen molar-refractivity contribution in [1.29, 1.82) is 0 Å². The molecule has 74 valence electrons. The molecule has 0 aromatic heterocycles. The third kappa shape index (κ3) is 1.08. The van der Waals surface area contributed by atoms with Crippen LogP contribution in [0, 0.1) is 0 Å². The molecular weight excluding hydrogens is 192 g/mol. The van der Waals surface area contributed by atoms with Crippen molar-refractivity contribution >= 4 is 11.6 Å². The summed E-state index contributed by atoms with van der Waals surface area (Å²) in [5, 5.41) is -0.573. The molecule has 0 aromatic carbocycles. The van der Waals surface area contributed by atoms with Crippen LogP contribution in [0.3, 0.4) is 0 Å². The van der Waals surface area contributed by atoms with E-state index in [1.54, 1.807) is 0 Å². The highest BCUT2D eigenvalue weighted by Gasteiger charge is 2.69. The number of ether oxygens (including phenoxy) is 3. The molecule has 2 heterocycles. The van der Waals surface area contributed by atoms with Crippen molar-refractivity contribution in [3.63, 3.8) is 0 Å². The van der Waals surface area contributed by atoms with Crippen LogP contribution in [0.5, 0.6) is 0 Å². The summed E-state index contributed by atoms with van der Waals surface area (Å²) < 4.78 is 16.9. The number of halogens is 1. The van der Waals surface area contributed by atoms with Gasteiger partial charge in [0.2, 0.25) is 0 Å². The van der Waals surface area contributed by atoms with Crippen LogP contribution in [-0.4, -0.2) is 29.2 Å². The minimum Gasteiger partial charge on any atom is -0.346 e. The quantitative estimate of drug-likeness (QED) is 0.444. The maximum atomic E-state index is 6.25. The number of alkyl halides is 1. The predicted molar refractivity (Wildman–Crippen MR) is 46.5 cm³/mol. The number of epoxide rings is 1. The Morgan fingerprint density at radius 3 is 2.69 bits per heavy atom. The Balaban J connectivity index is 1.87. The molecule has 0 aromatic rings. The number of rotatable bonds is 0. The Hall–Kier alpha value is 0.170. The second kappa shape index (κ2) is 2.22. The highest BCUT2D eigenvalue weighted by molar-refractivity contribution is 6.25. The first-order valence-corrected chi connectivity index (χ1v) is 5.11. The maximum absolute atomic E-state index is 6.25. The van der Waals surface area contributed by atoms with E-state index in [0.717, 1.165) is 12.8 Å². The van der Waals surface area contributed by atoms with Crippen LogP contribution in [0.2, 0.25) is 0 Å². The van der Waals surface area contributed by atoms with Gasteiger partial charge < -0.3 is 14.2 Å². The zero-order chi connectivity index (χ0) is 9.27. The first-order chi connectivity index (χ1) is 6.01. The van der Waals surface area contributed by atoms with Crippen LogP contribution in [0.15, 0.2) is 0 Å². The van der Waals surface area contributed by atoms with Crippen molar-refractivity contribution in [2.75, 3.05) is 0 Å². The fourth-order valence-electron chi connectivity index (χ4n) is 2.39. The summed E-state index contributed by atoms with van der Waals surface area (Å²) in [7, 11) is 0. The lowest BCUT2D eigenvalue weighted by Crippen LogP contribution is -2.39. The smallest absolute Gasteiger partial charge is 0.196 e. The van der Waals surface area contributed by atoms with Gasteiger partial charge in [-0.3, -0.25) is 0 Å². The lowest BCUT2D eigenvalue weighted by atomic mass is 9.95. The van der Waals surface area contributed by atoms with Gasteiger partial charge in [-0.15, -0.1) is 0 Å². The van der Waals surface area contributed by atoms with E-state index < -0.39 is 10.8 Å². The minimum absolute atomic E-state index is 0.0806. The number of fused-ring (bicyclic) bond motifs is 3. The van der Waals surface area contributed by atoms with Crippen LogP contribution < -0.4 is 0 Å². The van der Waals surface area contributed by atoms with Gasteiger partial charge in [0, 0.05) is 0 Å². The fourth-order valence-corrected chi connectivity index (χ4v) is 2.79. The zero-order valence-corrected chi connectivity index (χ0v) is 8.50. The minimum atomic E-state index is -0.573. The van der Waals surface area contributed by atoms with Gasteiger partial charge in [0.25, 0.3) is 0 Å². The van der Waals surface area contributed by atoms with Crippen LogP contribution in [0.1, 0.15) is 26.7 Å². The molecule has 0 N–H and O–H groups in total. The van der Waals surface area contributed by atoms with Gasteiger partial charge >= 0.3 is 0 Å². The van der Waals surface area contributed by atoms with Crippen molar-refractivity contribution < 1.29 is 14.2 Å². The normalized spacial score (nSPS) is 57.0. The lowest BCUT2D eigenvalue weighted by molar-refractivity contribution is -0.149. The first kappa shape index (κ1) is 8.48. The largest absolute Gasteiger partial charge is 0.346 e. The van der Waals surface area contributed by atoms with Crippen LogP contribution in [0.4, 0.5) is 0 Å². The molecule has 3 nitrogen and oxygen atoms in total. The summed E-state index contributed by atoms with van der Waals surface area (Å²) in [5.41, 5.74) is 0. The average molecular weight is 205 g/mol. The van der Waals surface area contributed by atoms with Crippen molar-refractivity contribution in [3.8, 4) is 0 Å². The summed E-state index contributed by atoms with van der Waals surface area (Å²) in [6.45, 7) is 3.84. The summed E-state index contributed by atoms with van der Waals surface area (Å²) in [5.74, 6) is -0.502. The highest BCUT2D eigenvalue weighted by Crippen LogP contribution is 2.56. The van der Waals surface area contributed by atoms with Crippen LogP contribution in [-0.2, 0) is 14.2 Å². The van der Waals surface area contributed by atoms with E-state index in [-0.39, 0.29) is 18.3 Å². The third-order valence-corrected chi connectivity index (χ3v) is 3.54. The SMILES string of the molecule is CC1(C)O[C@H]2CC[C@@H]3O[C@]3(Cl)[C@H]2O1. The topological polar surface area (TPSA) is 31.0 Å². The van der Waals surface area contributed by atoms with E-state index in [2.05, 4.69) is 0 Å². The van der Waals surface area contributed by atoms with E-state index in [1.165, 1.54) is 0 Å². The lowest BCUT2D eigenvalue weighted by Gasteiger charge is -2.22. The number of hydrogen-bond acceptors (Lipinski definition) is 3. The monoisotopic (exact) mass is 204 g/mol. The van der Waals surface area contributed by atoms with Gasteiger partial charge in [0.05, 0.1) is 6.10 Å². The maximum Gasteiger partial charge on any atom is 0.196 e. The van der Waals surface area contributed by atoms with Crippen LogP contribution >= 0.6 is 11.6 Å². The zero-order valence-electron chi connectivity index (χ0n) is 7.75.